The molecule has 1 aliphatic rings. The molecule has 1 aliphatic carbocycles. The van der Waals surface area contributed by atoms with Gasteiger partial charge in [-0.3, -0.25) is 4.79 Å². The van der Waals surface area contributed by atoms with Crippen LogP contribution < -0.4 is 5.32 Å². The fourth-order valence-electron chi connectivity index (χ4n) is 1.22. The standard InChI is InChI=1S/C9H10ClNO3S/c10-6-3-5(9(13)14)8(15-6)11-7(12)4-1-2-4/h3-4,9,13-14H,1-2H2,(H,11,12). The summed E-state index contributed by atoms with van der Waals surface area (Å²) >= 11 is 6.86. The largest absolute Gasteiger partial charge is 0.364 e. The third-order valence-electron chi connectivity index (χ3n) is 2.19. The summed E-state index contributed by atoms with van der Waals surface area (Å²) in [6.07, 6.45) is 0.201. The fraction of sp³-hybridized carbons (Fsp3) is 0.444. The van der Waals surface area contributed by atoms with Crippen molar-refractivity contribution in [3.05, 3.63) is 16.0 Å². The van der Waals surface area contributed by atoms with Crippen molar-refractivity contribution in [2.24, 2.45) is 5.92 Å². The molecule has 1 heterocycles. The average molecular weight is 248 g/mol. The Labute approximate surface area is 95.5 Å². The molecule has 1 aromatic heterocycles. The van der Waals surface area contributed by atoms with Gasteiger partial charge in [0.2, 0.25) is 5.91 Å². The van der Waals surface area contributed by atoms with Gasteiger partial charge in [0.1, 0.15) is 5.00 Å². The molecule has 0 atom stereocenters. The second kappa shape index (κ2) is 4.09. The Balaban J connectivity index is 2.15. The Morgan fingerprint density at radius 3 is 2.80 bits per heavy atom. The van der Waals surface area contributed by atoms with Gasteiger partial charge in [-0.05, 0) is 18.9 Å². The number of carbonyl (C=O) groups is 1. The second-order valence-corrected chi connectivity index (χ2v) is 5.16. The number of carbonyl (C=O) groups excluding carboxylic acids is 1. The van der Waals surface area contributed by atoms with E-state index in [0.717, 1.165) is 24.2 Å². The molecule has 82 valence electrons. The highest BCUT2D eigenvalue weighted by Crippen LogP contribution is 2.37. The minimum absolute atomic E-state index is 0.0737. The van der Waals surface area contributed by atoms with E-state index < -0.39 is 6.29 Å². The maximum atomic E-state index is 11.4. The van der Waals surface area contributed by atoms with Crippen LogP contribution >= 0.6 is 22.9 Å². The van der Waals surface area contributed by atoms with Gasteiger partial charge in [0, 0.05) is 11.5 Å². The van der Waals surface area contributed by atoms with Crippen molar-refractivity contribution >= 4 is 33.8 Å². The lowest BCUT2D eigenvalue weighted by atomic mass is 10.3. The predicted molar refractivity (Wildman–Crippen MR) is 57.9 cm³/mol. The van der Waals surface area contributed by atoms with Gasteiger partial charge in [-0.2, -0.15) is 0 Å². The zero-order chi connectivity index (χ0) is 11.0. The van der Waals surface area contributed by atoms with Crippen molar-refractivity contribution < 1.29 is 15.0 Å². The van der Waals surface area contributed by atoms with Crippen molar-refractivity contribution in [2.45, 2.75) is 19.1 Å². The van der Waals surface area contributed by atoms with E-state index in [2.05, 4.69) is 5.32 Å². The Morgan fingerprint density at radius 2 is 2.27 bits per heavy atom. The zero-order valence-corrected chi connectivity index (χ0v) is 9.31. The summed E-state index contributed by atoms with van der Waals surface area (Å²) in [5.41, 5.74) is 0.249. The number of anilines is 1. The van der Waals surface area contributed by atoms with Crippen LogP contribution in [-0.2, 0) is 4.79 Å². The van der Waals surface area contributed by atoms with Gasteiger partial charge in [-0.25, -0.2) is 0 Å². The summed E-state index contributed by atoms with van der Waals surface area (Å²) in [5, 5.41) is 21.1. The van der Waals surface area contributed by atoms with E-state index in [1.165, 1.54) is 6.07 Å². The molecule has 2 rings (SSSR count). The highest BCUT2D eigenvalue weighted by molar-refractivity contribution is 7.20. The first-order chi connectivity index (χ1) is 7.08. The van der Waals surface area contributed by atoms with Crippen LogP contribution in [0.5, 0.6) is 0 Å². The maximum Gasteiger partial charge on any atom is 0.228 e. The summed E-state index contributed by atoms with van der Waals surface area (Å²) in [6, 6.07) is 1.44. The van der Waals surface area contributed by atoms with Gasteiger partial charge in [-0.1, -0.05) is 11.6 Å². The lowest BCUT2D eigenvalue weighted by Gasteiger charge is -2.06. The summed E-state index contributed by atoms with van der Waals surface area (Å²) in [6.45, 7) is 0. The van der Waals surface area contributed by atoms with E-state index in [4.69, 9.17) is 21.8 Å². The van der Waals surface area contributed by atoms with E-state index in [0.29, 0.717) is 9.34 Å². The van der Waals surface area contributed by atoms with E-state index in [9.17, 15) is 4.79 Å². The molecule has 0 aromatic carbocycles. The summed E-state index contributed by atoms with van der Waals surface area (Å²) in [5.74, 6) is 0.00461. The molecule has 3 N–H and O–H groups in total. The first-order valence-electron chi connectivity index (χ1n) is 4.54. The lowest BCUT2D eigenvalue weighted by Crippen LogP contribution is -2.14. The number of amides is 1. The first-order valence-corrected chi connectivity index (χ1v) is 5.73. The molecule has 1 saturated carbocycles. The number of halogens is 1. The highest BCUT2D eigenvalue weighted by Gasteiger charge is 2.30. The quantitative estimate of drug-likeness (QED) is 0.713. The number of rotatable bonds is 3. The number of thiophene rings is 1. The highest BCUT2D eigenvalue weighted by atomic mass is 35.5. The van der Waals surface area contributed by atoms with Gasteiger partial charge < -0.3 is 15.5 Å². The third-order valence-corrected chi connectivity index (χ3v) is 3.39. The zero-order valence-electron chi connectivity index (χ0n) is 7.74. The first kappa shape index (κ1) is 10.9. The Bertz CT molecular complexity index is 387. The van der Waals surface area contributed by atoms with Crippen molar-refractivity contribution in [3.8, 4) is 0 Å². The second-order valence-electron chi connectivity index (χ2n) is 3.47. The summed E-state index contributed by atoms with van der Waals surface area (Å²) in [7, 11) is 0. The molecule has 0 radical (unpaired) electrons. The summed E-state index contributed by atoms with van der Waals surface area (Å²) < 4.78 is 0.421. The normalized spacial score (nSPS) is 15.7. The SMILES string of the molecule is O=C(Nc1sc(Cl)cc1C(O)O)C1CC1. The van der Waals surface area contributed by atoms with Gasteiger partial charge in [-0.15, -0.1) is 11.3 Å². The Morgan fingerprint density at radius 1 is 1.60 bits per heavy atom. The number of nitrogens with one attached hydrogen (secondary N) is 1. The van der Waals surface area contributed by atoms with Crippen LogP contribution in [0.3, 0.4) is 0 Å². The molecule has 0 saturated heterocycles. The maximum absolute atomic E-state index is 11.4. The molecule has 1 amide bonds. The number of aliphatic hydroxyl groups is 2. The molecule has 6 heteroatoms. The van der Waals surface area contributed by atoms with Crippen LogP contribution in [0.15, 0.2) is 6.07 Å². The van der Waals surface area contributed by atoms with Gasteiger partial charge in [0.25, 0.3) is 0 Å². The van der Waals surface area contributed by atoms with Crippen LogP contribution in [0, 0.1) is 5.92 Å². The Kier molecular flexibility index (Phi) is 2.97. The monoisotopic (exact) mass is 247 g/mol. The van der Waals surface area contributed by atoms with Crippen molar-refractivity contribution in [1.82, 2.24) is 0 Å². The molecule has 4 nitrogen and oxygen atoms in total. The van der Waals surface area contributed by atoms with Crippen LogP contribution in [0.1, 0.15) is 24.7 Å². The lowest BCUT2D eigenvalue weighted by molar-refractivity contribution is -0.117. The number of hydrogen-bond acceptors (Lipinski definition) is 4. The van der Waals surface area contributed by atoms with E-state index in [1.807, 2.05) is 0 Å². The van der Waals surface area contributed by atoms with Crippen LogP contribution in [-0.4, -0.2) is 16.1 Å². The van der Waals surface area contributed by atoms with Gasteiger partial charge in [0.05, 0.1) is 4.34 Å². The predicted octanol–water partition coefficient (Wildman–Crippen LogP) is 1.73. The Hall–Kier alpha value is -0.620. The van der Waals surface area contributed by atoms with Crippen LogP contribution in [0.4, 0.5) is 5.00 Å². The smallest absolute Gasteiger partial charge is 0.228 e. The van der Waals surface area contributed by atoms with Crippen LogP contribution in [0.25, 0.3) is 0 Å². The van der Waals surface area contributed by atoms with Crippen molar-refractivity contribution in [1.29, 1.82) is 0 Å². The fourth-order valence-corrected chi connectivity index (χ4v) is 2.39. The van der Waals surface area contributed by atoms with Gasteiger partial charge in [0.15, 0.2) is 6.29 Å². The summed E-state index contributed by atoms with van der Waals surface area (Å²) in [4.78, 5) is 11.4. The third kappa shape index (κ3) is 2.49. The molecular formula is C9H10ClNO3S. The van der Waals surface area contributed by atoms with Crippen molar-refractivity contribution in [3.63, 3.8) is 0 Å². The minimum Gasteiger partial charge on any atom is -0.364 e. The van der Waals surface area contributed by atoms with Crippen molar-refractivity contribution in [2.75, 3.05) is 5.32 Å². The van der Waals surface area contributed by atoms with E-state index in [1.54, 1.807) is 0 Å². The molecule has 1 aromatic rings. The molecular weight excluding hydrogens is 238 g/mol. The molecule has 0 aliphatic heterocycles. The van der Waals surface area contributed by atoms with Crippen LogP contribution in [0.2, 0.25) is 4.34 Å². The number of hydrogen-bond donors (Lipinski definition) is 3. The van der Waals surface area contributed by atoms with E-state index >= 15 is 0 Å². The van der Waals surface area contributed by atoms with Gasteiger partial charge >= 0.3 is 0 Å². The molecule has 0 unspecified atom stereocenters. The number of aliphatic hydroxyl groups excluding tert-OH is 1. The average Bonchev–Trinajstić information content (AvgIpc) is 2.91. The molecule has 1 fully saturated rings. The topological polar surface area (TPSA) is 69.6 Å². The molecule has 15 heavy (non-hydrogen) atoms. The minimum atomic E-state index is -1.61. The van der Waals surface area contributed by atoms with E-state index in [-0.39, 0.29) is 17.4 Å². The molecule has 0 spiro atoms. The molecule has 0 bridgehead atoms.